The third-order valence-electron chi connectivity index (χ3n) is 2.70. The summed E-state index contributed by atoms with van der Waals surface area (Å²) in [5.41, 5.74) is -0.365. The Bertz CT molecular complexity index is 587. The lowest BCUT2D eigenvalue weighted by Crippen LogP contribution is -2.14. The Morgan fingerprint density at radius 1 is 1.14 bits per heavy atom. The SMILES string of the molecule is OC(CNc1ncc(Br)cn1)c1ccc(C(F)(F)F)cc1. The van der Waals surface area contributed by atoms with E-state index in [9.17, 15) is 18.3 Å². The van der Waals surface area contributed by atoms with Gasteiger partial charge in [-0.25, -0.2) is 9.97 Å². The molecule has 2 rings (SSSR count). The predicted molar refractivity (Wildman–Crippen MR) is 74.6 cm³/mol. The van der Waals surface area contributed by atoms with Crippen molar-refractivity contribution in [2.24, 2.45) is 0 Å². The van der Waals surface area contributed by atoms with Gasteiger partial charge in [-0.15, -0.1) is 0 Å². The summed E-state index contributed by atoms with van der Waals surface area (Å²) in [5, 5.41) is 12.7. The molecule has 0 aliphatic rings. The maximum absolute atomic E-state index is 12.4. The smallest absolute Gasteiger partial charge is 0.387 e. The highest BCUT2D eigenvalue weighted by molar-refractivity contribution is 9.10. The van der Waals surface area contributed by atoms with Crippen LogP contribution < -0.4 is 5.32 Å². The Morgan fingerprint density at radius 3 is 2.24 bits per heavy atom. The van der Waals surface area contributed by atoms with Crippen molar-refractivity contribution in [1.29, 1.82) is 0 Å². The fraction of sp³-hybridized carbons (Fsp3) is 0.231. The molecule has 1 aromatic heterocycles. The fourth-order valence-corrected chi connectivity index (χ4v) is 1.81. The van der Waals surface area contributed by atoms with Crippen LogP contribution in [0.2, 0.25) is 0 Å². The first-order chi connectivity index (χ1) is 9.86. The number of anilines is 1. The number of aliphatic hydroxyl groups is 1. The second kappa shape index (κ2) is 6.40. The summed E-state index contributed by atoms with van der Waals surface area (Å²) in [4.78, 5) is 7.92. The number of rotatable bonds is 4. The highest BCUT2D eigenvalue weighted by Crippen LogP contribution is 2.29. The summed E-state index contributed by atoms with van der Waals surface area (Å²) in [5.74, 6) is 0.323. The first-order valence-electron chi connectivity index (χ1n) is 5.93. The number of alkyl halides is 3. The molecule has 0 amide bonds. The van der Waals surface area contributed by atoms with Gasteiger partial charge in [0.25, 0.3) is 0 Å². The first-order valence-corrected chi connectivity index (χ1v) is 6.72. The molecule has 4 nitrogen and oxygen atoms in total. The van der Waals surface area contributed by atoms with Gasteiger partial charge in [0.15, 0.2) is 0 Å². The van der Waals surface area contributed by atoms with Crippen molar-refractivity contribution in [2.75, 3.05) is 11.9 Å². The van der Waals surface area contributed by atoms with Crippen molar-refractivity contribution in [3.63, 3.8) is 0 Å². The van der Waals surface area contributed by atoms with Crippen LogP contribution >= 0.6 is 15.9 Å². The van der Waals surface area contributed by atoms with Gasteiger partial charge in [-0.3, -0.25) is 0 Å². The lowest BCUT2D eigenvalue weighted by atomic mass is 10.1. The Balaban J connectivity index is 1.97. The van der Waals surface area contributed by atoms with E-state index in [1.54, 1.807) is 12.4 Å². The Labute approximate surface area is 127 Å². The van der Waals surface area contributed by atoms with E-state index >= 15 is 0 Å². The molecular formula is C13H11BrF3N3O. The van der Waals surface area contributed by atoms with Crippen LogP contribution in [-0.2, 0) is 6.18 Å². The maximum Gasteiger partial charge on any atom is 0.416 e. The molecule has 1 aromatic carbocycles. The minimum atomic E-state index is -4.38. The third kappa shape index (κ3) is 4.40. The van der Waals surface area contributed by atoms with Gasteiger partial charge < -0.3 is 10.4 Å². The van der Waals surface area contributed by atoms with Gasteiger partial charge in [0.1, 0.15) is 0 Å². The number of hydrogen-bond acceptors (Lipinski definition) is 4. The molecule has 1 unspecified atom stereocenters. The number of nitrogens with one attached hydrogen (secondary N) is 1. The highest BCUT2D eigenvalue weighted by atomic mass is 79.9. The minimum Gasteiger partial charge on any atom is -0.387 e. The number of aromatic nitrogens is 2. The molecule has 0 bridgehead atoms. The molecule has 1 heterocycles. The molecule has 21 heavy (non-hydrogen) atoms. The molecule has 8 heteroatoms. The zero-order chi connectivity index (χ0) is 15.5. The van der Waals surface area contributed by atoms with Gasteiger partial charge in [0.05, 0.1) is 16.1 Å². The lowest BCUT2D eigenvalue weighted by Gasteiger charge is -2.13. The molecule has 2 N–H and O–H groups in total. The van der Waals surface area contributed by atoms with Gasteiger partial charge in [-0.05, 0) is 33.6 Å². The molecule has 0 saturated heterocycles. The number of aliphatic hydroxyl groups excluding tert-OH is 1. The third-order valence-corrected chi connectivity index (χ3v) is 3.11. The lowest BCUT2D eigenvalue weighted by molar-refractivity contribution is -0.137. The molecule has 1 atom stereocenters. The summed E-state index contributed by atoms with van der Waals surface area (Å²) < 4.78 is 38.0. The molecule has 2 aromatic rings. The van der Waals surface area contributed by atoms with Crippen molar-refractivity contribution >= 4 is 21.9 Å². The average Bonchev–Trinajstić information content (AvgIpc) is 2.45. The van der Waals surface area contributed by atoms with Crippen molar-refractivity contribution in [1.82, 2.24) is 9.97 Å². The normalized spacial score (nSPS) is 13.0. The largest absolute Gasteiger partial charge is 0.416 e. The number of halogens is 4. The van der Waals surface area contributed by atoms with E-state index in [1.165, 1.54) is 12.1 Å². The summed E-state index contributed by atoms with van der Waals surface area (Å²) in [6.07, 6.45) is -2.26. The second-order valence-electron chi connectivity index (χ2n) is 4.24. The van der Waals surface area contributed by atoms with Crippen LogP contribution in [0.4, 0.5) is 19.1 Å². The van der Waals surface area contributed by atoms with E-state index in [-0.39, 0.29) is 6.54 Å². The Morgan fingerprint density at radius 2 is 1.71 bits per heavy atom. The van der Waals surface area contributed by atoms with Gasteiger partial charge in [0.2, 0.25) is 5.95 Å². The van der Waals surface area contributed by atoms with E-state index in [4.69, 9.17) is 0 Å². The quantitative estimate of drug-likeness (QED) is 0.876. The van der Waals surface area contributed by atoms with Crippen LogP contribution in [0, 0.1) is 0 Å². The Hall–Kier alpha value is -1.67. The van der Waals surface area contributed by atoms with E-state index in [2.05, 4.69) is 31.2 Å². The van der Waals surface area contributed by atoms with Gasteiger partial charge in [-0.2, -0.15) is 13.2 Å². The van der Waals surface area contributed by atoms with E-state index in [1.807, 2.05) is 0 Å². The topological polar surface area (TPSA) is 58.0 Å². The predicted octanol–water partition coefficient (Wildman–Crippen LogP) is 3.40. The highest BCUT2D eigenvalue weighted by Gasteiger charge is 2.30. The molecule has 0 aliphatic carbocycles. The zero-order valence-corrected chi connectivity index (χ0v) is 12.2. The fourth-order valence-electron chi connectivity index (χ4n) is 1.60. The van der Waals surface area contributed by atoms with Gasteiger partial charge >= 0.3 is 6.18 Å². The monoisotopic (exact) mass is 361 g/mol. The molecule has 0 spiro atoms. The number of hydrogen-bond donors (Lipinski definition) is 2. The van der Waals surface area contributed by atoms with Gasteiger partial charge in [0, 0.05) is 18.9 Å². The Kier molecular flexibility index (Phi) is 4.79. The number of benzene rings is 1. The zero-order valence-electron chi connectivity index (χ0n) is 10.6. The standard InChI is InChI=1S/C13H11BrF3N3O/c14-10-5-18-12(19-6-10)20-7-11(21)8-1-3-9(4-2-8)13(15,16)17/h1-6,11,21H,7H2,(H,18,19,20). The van der Waals surface area contributed by atoms with Crippen molar-refractivity contribution < 1.29 is 18.3 Å². The summed E-state index contributed by atoms with van der Waals surface area (Å²) >= 11 is 3.19. The van der Waals surface area contributed by atoms with Crippen molar-refractivity contribution in [3.05, 3.63) is 52.3 Å². The van der Waals surface area contributed by atoms with Crippen molar-refractivity contribution in [2.45, 2.75) is 12.3 Å². The maximum atomic E-state index is 12.4. The second-order valence-corrected chi connectivity index (χ2v) is 5.16. The van der Waals surface area contributed by atoms with Crippen LogP contribution in [0.5, 0.6) is 0 Å². The van der Waals surface area contributed by atoms with Crippen LogP contribution in [0.15, 0.2) is 41.1 Å². The molecule has 112 valence electrons. The molecule has 0 aliphatic heterocycles. The molecule has 0 fully saturated rings. The average molecular weight is 362 g/mol. The van der Waals surface area contributed by atoms with E-state index in [0.29, 0.717) is 11.5 Å². The van der Waals surface area contributed by atoms with Crippen LogP contribution in [0.3, 0.4) is 0 Å². The van der Waals surface area contributed by atoms with Crippen LogP contribution in [-0.4, -0.2) is 21.6 Å². The summed E-state index contributed by atoms with van der Waals surface area (Å²) in [6, 6.07) is 4.37. The van der Waals surface area contributed by atoms with Gasteiger partial charge in [-0.1, -0.05) is 12.1 Å². The first kappa shape index (κ1) is 15.7. The van der Waals surface area contributed by atoms with Crippen molar-refractivity contribution in [3.8, 4) is 0 Å². The number of nitrogens with zero attached hydrogens (tertiary/aromatic N) is 2. The minimum absolute atomic E-state index is 0.0903. The summed E-state index contributed by atoms with van der Waals surface area (Å²) in [7, 11) is 0. The van der Waals surface area contributed by atoms with E-state index in [0.717, 1.165) is 16.6 Å². The molecule has 0 saturated carbocycles. The molecule has 0 radical (unpaired) electrons. The van der Waals surface area contributed by atoms with Crippen LogP contribution in [0.25, 0.3) is 0 Å². The molecular weight excluding hydrogens is 351 g/mol. The van der Waals surface area contributed by atoms with E-state index < -0.39 is 17.8 Å². The van der Waals surface area contributed by atoms with Crippen LogP contribution in [0.1, 0.15) is 17.2 Å². The summed E-state index contributed by atoms with van der Waals surface area (Å²) in [6.45, 7) is 0.0903.